The van der Waals surface area contributed by atoms with Crippen molar-refractivity contribution in [2.75, 3.05) is 7.11 Å². The maximum absolute atomic E-state index is 13.7. The molecule has 0 aliphatic carbocycles. The van der Waals surface area contributed by atoms with Gasteiger partial charge in [-0.2, -0.15) is 5.10 Å². The van der Waals surface area contributed by atoms with Gasteiger partial charge in [0.25, 0.3) is 5.91 Å². The summed E-state index contributed by atoms with van der Waals surface area (Å²) in [5, 5.41) is 28.1. The van der Waals surface area contributed by atoms with Crippen LogP contribution in [-0.2, 0) is 14.3 Å². The van der Waals surface area contributed by atoms with Gasteiger partial charge in [0.2, 0.25) is 0 Å². The molecule has 1 aliphatic heterocycles. The third kappa shape index (κ3) is 4.28. The summed E-state index contributed by atoms with van der Waals surface area (Å²) < 4.78 is 18.1. The minimum atomic E-state index is -1.87. The number of benzene rings is 1. The van der Waals surface area contributed by atoms with Crippen molar-refractivity contribution in [3.63, 3.8) is 0 Å². The van der Waals surface area contributed by atoms with Crippen LogP contribution in [0.1, 0.15) is 5.56 Å². The van der Waals surface area contributed by atoms with Gasteiger partial charge in [-0.3, -0.25) is 10.1 Å². The van der Waals surface area contributed by atoms with E-state index >= 15 is 0 Å². The fourth-order valence-electron chi connectivity index (χ4n) is 1.70. The fraction of sp³-hybridized carbons (Fsp3) is 0.0769. The van der Waals surface area contributed by atoms with Gasteiger partial charge < -0.3 is 14.8 Å². The summed E-state index contributed by atoms with van der Waals surface area (Å²) in [7, 11) is -0.692. The van der Waals surface area contributed by atoms with E-state index in [1.165, 1.54) is 19.2 Å². The van der Waals surface area contributed by atoms with Gasteiger partial charge in [0, 0.05) is 11.6 Å². The van der Waals surface area contributed by atoms with Crippen LogP contribution in [0.3, 0.4) is 0 Å². The van der Waals surface area contributed by atoms with Gasteiger partial charge >= 0.3 is 13.1 Å². The number of nitrogens with one attached hydrogen (secondary N) is 1. The zero-order valence-electron chi connectivity index (χ0n) is 12.3. The van der Waals surface area contributed by atoms with Crippen molar-refractivity contribution in [1.29, 1.82) is 0 Å². The normalized spacial score (nSPS) is 17.6. The Hall–Kier alpha value is -2.50. The van der Waals surface area contributed by atoms with Gasteiger partial charge in [0.15, 0.2) is 5.17 Å². The molecule has 0 unspecified atom stereocenters. The van der Waals surface area contributed by atoms with E-state index in [0.717, 1.165) is 30.1 Å². The van der Waals surface area contributed by atoms with Crippen LogP contribution in [0.4, 0.5) is 4.39 Å². The van der Waals surface area contributed by atoms with Crippen molar-refractivity contribution in [3.05, 3.63) is 40.6 Å². The first-order chi connectivity index (χ1) is 11.4. The van der Waals surface area contributed by atoms with Gasteiger partial charge in [0.1, 0.15) is 5.82 Å². The molecule has 1 fully saturated rings. The molecular weight excluding hydrogens is 340 g/mol. The molecule has 1 aromatic rings. The summed E-state index contributed by atoms with van der Waals surface area (Å²) in [6, 6.07) is 3.78. The molecule has 1 saturated heterocycles. The summed E-state index contributed by atoms with van der Waals surface area (Å²) in [4.78, 5) is 22.8. The molecule has 11 heteroatoms. The summed E-state index contributed by atoms with van der Waals surface area (Å²) in [6.07, 6.45) is 2.00. The third-order valence-electron chi connectivity index (χ3n) is 2.80. The number of thioether (sulfide) groups is 1. The molecular formula is C13H11BFN3O5S. The zero-order chi connectivity index (χ0) is 17.7. The Balaban J connectivity index is 2.18. The number of amidine groups is 1. The number of ether oxygens (including phenoxy) is 1. The maximum atomic E-state index is 13.7. The van der Waals surface area contributed by atoms with Crippen molar-refractivity contribution in [1.82, 2.24) is 5.32 Å². The van der Waals surface area contributed by atoms with Gasteiger partial charge in [-0.1, -0.05) is 12.1 Å². The number of hydrogen-bond donors (Lipinski definition) is 3. The topological polar surface area (TPSA) is 121 Å². The molecule has 8 nitrogen and oxygen atoms in total. The third-order valence-corrected chi connectivity index (χ3v) is 3.70. The first kappa shape index (κ1) is 17.9. The maximum Gasteiger partial charge on any atom is 0.489 e. The van der Waals surface area contributed by atoms with E-state index in [2.05, 4.69) is 20.3 Å². The minimum absolute atomic E-state index is 0.0756. The number of nitrogens with zero attached hydrogens (tertiary/aromatic N) is 2. The molecule has 0 saturated carbocycles. The van der Waals surface area contributed by atoms with Crippen molar-refractivity contribution in [2.45, 2.75) is 0 Å². The van der Waals surface area contributed by atoms with Crippen molar-refractivity contribution in [2.24, 2.45) is 10.2 Å². The lowest BCUT2D eigenvalue weighted by atomic mass is 9.77. The lowest BCUT2D eigenvalue weighted by Crippen LogP contribution is -2.33. The van der Waals surface area contributed by atoms with Gasteiger partial charge in [0.05, 0.1) is 18.2 Å². The highest BCUT2D eigenvalue weighted by atomic mass is 32.2. The molecule has 0 atom stereocenters. The molecule has 0 aromatic heterocycles. The summed E-state index contributed by atoms with van der Waals surface area (Å²) in [5.74, 6) is -1.94. The number of carbonyl (C=O) groups is 2. The molecule has 1 aromatic carbocycles. The highest BCUT2D eigenvalue weighted by molar-refractivity contribution is 8.18. The summed E-state index contributed by atoms with van der Waals surface area (Å²) in [6.45, 7) is 0. The number of carbonyl (C=O) groups excluding carboxylic acids is 2. The lowest BCUT2D eigenvalue weighted by Gasteiger charge is -2.04. The number of methoxy groups -OCH3 is 1. The Kier molecular flexibility index (Phi) is 5.85. The smallest absolute Gasteiger partial charge is 0.466 e. The van der Waals surface area contributed by atoms with Crippen LogP contribution in [0.2, 0.25) is 0 Å². The van der Waals surface area contributed by atoms with E-state index in [0.29, 0.717) is 0 Å². The highest BCUT2D eigenvalue weighted by Gasteiger charge is 2.25. The van der Waals surface area contributed by atoms with E-state index in [-0.39, 0.29) is 21.1 Å². The van der Waals surface area contributed by atoms with Crippen LogP contribution < -0.4 is 10.8 Å². The summed E-state index contributed by atoms with van der Waals surface area (Å²) in [5.41, 5.74) is -0.218. The van der Waals surface area contributed by atoms with E-state index in [9.17, 15) is 24.0 Å². The molecule has 1 aliphatic rings. The Morgan fingerprint density at radius 3 is 2.88 bits per heavy atom. The first-order valence-corrected chi connectivity index (χ1v) is 7.28. The lowest BCUT2D eigenvalue weighted by molar-refractivity contribution is -0.135. The average Bonchev–Trinajstić information content (AvgIpc) is 2.88. The van der Waals surface area contributed by atoms with Gasteiger partial charge in [-0.15, -0.1) is 5.10 Å². The van der Waals surface area contributed by atoms with Gasteiger partial charge in [-0.05, 0) is 23.3 Å². The van der Waals surface area contributed by atoms with Crippen LogP contribution in [0.5, 0.6) is 0 Å². The molecule has 0 bridgehead atoms. The van der Waals surface area contributed by atoms with E-state index in [4.69, 9.17) is 0 Å². The predicted octanol–water partition coefficient (Wildman–Crippen LogP) is -0.885. The second-order valence-corrected chi connectivity index (χ2v) is 5.38. The van der Waals surface area contributed by atoms with Crippen molar-refractivity contribution < 1.29 is 28.8 Å². The summed E-state index contributed by atoms with van der Waals surface area (Å²) >= 11 is 0.856. The van der Waals surface area contributed by atoms with E-state index in [1.807, 2.05) is 0 Å². The second-order valence-electron chi connectivity index (χ2n) is 4.35. The number of amides is 1. The van der Waals surface area contributed by atoms with E-state index in [1.54, 1.807) is 0 Å². The quantitative estimate of drug-likeness (QED) is 0.213. The number of rotatable bonds is 4. The number of esters is 1. The van der Waals surface area contributed by atoms with E-state index < -0.39 is 24.8 Å². The Labute approximate surface area is 140 Å². The highest BCUT2D eigenvalue weighted by Crippen LogP contribution is 2.23. The SMILES string of the molecule is COC(=O)/C=C1/S/C(=N\N=Cc2c(F)cccc2B(O)O)NC1=O. The number of hydrogen-bond acceptors (Lipinski definition) is 8. The zero-order valence-corrected chi connectivity index (χ0v) is 13.1. The van der Waals surface area contributed by atoms with Crippen molar-refractivity contribution >= 4 is 47.6 Å². The Morgan fingerprint density at radius 1 is 1.46 bits per heavy atom. The standard InChI is InChI=1S/C13H11BFN3O5S/c1-23-11(19)5-10-12(20)17-13(24-10)18-16-6-7-8(14(21)22)3-2-4-9(7)15/h2-6,21-22H,1H3,(H,17,18,20)/b10-5+,16-6?. The monoisotopic (exact) mass is 351 g/mol. The fourth-order valence-corrected chi connectivity index (χ4v) is 2.43. The van der Waals surface area contributed by atoms with Crippen LogP contribution in [0.15, 0.2) is 39.4 Å². The Morgan fingerprint density at radius 2 is 2.21 bits per heavy atom. The molecule has 3 N–H and O–H groups in total. The molecule has 0 radical (unpaired) electrons. The Bertz CT molecular complexity index is 766. The predicted molar refractivity (Wildman–Crippen MR) is 87.1 cm³/mol. The van der Waals surface area contributed by atoms with Gasteiger partial charge in [-0.25, -0.2) is 9.18 Å². The first-order valence-electron chi connectivity index (χ1n) is 6.46. The average molecular weight is 351 g/mol. The van der Waals surface area contributed by atoms with Crippen LogP contribution >= 0.6 is 11.8 Å². The van der Waals surface area contributed by atoms with Crippen molar-refractivity contribution in [3.8, 4) is 0 Å². The molecule has 124 valence electrons. The molecule has 2 rings (SSSR count). The number of halogens is 1. The van der Waals surface area contributed by atoms with Crippen LogP contribution in [0.25, 0.3) is 0 Å². The molecule has 24 heavy (non-hydrogen) atoms. The molecule has 1 amide bonds. The second kappa shape index (κ2) is 7.86. The minimum Gasteiger partial charge on any atom is -0.466 e. The molecule has 1 heterocycles. The molecule has 0 spiro atoms. The largest absolute Gasteiger partial charge is 0.489 e. The van der Waals surface area contributed by atoms with Crippen LogP contribution in [-0.4, -0.2) is 47.5 Å². The van der Waals surface area contributed by atoms with Crippen LogP contribution in [0, 0.1) is 5.82 Å².